The summed E-state index contributed by atoms with van der Waals surface area (Å²) in [5.74, 6) is 2.37. The van der Waals surface area contributed by atoms with E-state index in [2.05, 4.69) is 29.2 Å². The molecule has 2 heterocycles. The van der Waals surface area contributed by atoms with E-state index >= 15 is 0 Å². The second kappa shape index (κ2) is 11.3. The van der Waals surface area contributed by atoms with Gasteiger partial charge in [0, 0.05) is 5.70 Å². The van der Waals surface area contributed by atoms with Crippen LogP contribution in [0, 0.1) is 0 Å². The Morgan fingerprint density at radius 2 is 2.00 bits per heavy atom. The number of hydrogen-bond donors (Lipinski definition) is 1. The largest absolute Gasteiger partial charge is 0.493 e. The van der Waals surface area contributed by atoms with E-state index in [1.54, 1.807) is 23.6 Å². The summed E-state index contributed by atoms with van der Waals surface area (Å²) in [5.41, 5.74) is 2.05. The van der Waals surface area contributed by atoms with Crippen LogP contribution in [0.3, 0.4) is 0 Å². The van der Waals surface area contributed by atoms with Crippen molar-refractivity contribution in [2.75, 3.05) is 31.4 Å². The molecular weight excluding hydrogens is 428 g/mol. The summed E-state index contributed by atoms with van der Waals surface area (Å²) >= 11 is 1.55. The number of anilines is 1. The van der Waals surface area contributed by atoms with Gasteiger partial charge in [-0.25, -0.2) is 9.48 Å². The Kier molecular flexibility index (Phi) is 8.44. The molecule has 1 unspecified atom stereocenters. The van der Waals surface area contributed by atoms with Gasteiger partial charge in [0.05, 0.1) is 25.9 Å². The predicted octanol–water partition coefficient (Wildman–Crippen LogP) is 4.82. The van der Waals surface area contributed by atoms with Gasteiger partial charge in [0.25, 0.3) is 0 Å². The minimum Gasteiger partial charge on any atom is -0.493 e. The number of nitrogens with zero attached hydrogens (tertiary/aromatic N) is 3. The Morgan fingerprint density at radius 1 is 1.19 bits per heavy atom. The van der Waals surface area contributed by atoms with Gasteiger partial charge in [-0.1, -0.05) is 45.0 Å². The second-order valence-electron chi connectivity index (χ2n) is 7.41. The number of thioether (sulfide) groups is 1. The van der Waals surface area contributed by atoms with E-state index in [4.69, 9.17) is 14.2 Å². The lowest BCUT2D eigenvalue weighted by molar-refractivity contribution is -0.139. The van der Waals surface area contributed by atoms with E-state index in [0.29, 0.717) is 47.1 Å². The van der Waals surface area contributed by atoms with Crippen LogP contribution >= 0.6 is 11.8 Å². The number of benzene rings is 1. The van der Waals surface area contributed by atoms with Gasteiger partial charge in [0.2, 0.25) is 11.1 Å². The quantitative estimate of drug-likeness (QED) is 0.290. The number of unbranched alkanes of at least 4 members (excludes halogenated alkanes) is 1. The van der Waals surface area contributed by atoms with Crippen molar-refractivity contribution in [3.8, 4) is 11.5 Å². The van der Waals surface area contributed by atoms with Crippen molar-refractivity contribution < 1.29 is 19.0 Å². The average molecular weight is 461 g/mol. The van der Waals surface area contributed by atoms with Crippen LogP contribution < -0.4 is 14.8 Å². The first-order valence-electron chi connectivity index (χ1n) is 11.1. The van der Waals surface area contributed by atoms with Crippen LogP contribution in [-0.2, 0) is 9.53 Å². The van der Waals surface area contributed by atoms with E-state index in [0.717, 1.165) is 30.6 Å². The average Bonchev–Trinajstić information content (AvgIpc) is 3.19. The first kappa shape index (κ1) is 24.0. The van der Waals surface area contributed by atoms with E-state index in [9.17, 15) is 4.79 Å². The highest BCUT2D eigenvalue weighted by Crippen LogP contribution is 2.39. The molecule has 0 saturated carbocycles. The van der Waals surface area contributed by atoms with Gasteiger partial charge in [0.15, 0.2) is 11.5 Å². The fourth-order valence-electron chi connectivity index (χ4n) is 3.47. The molecule has 2 aromatic rings. The predicted molar refractivity (Wildman–Crippen MR) is 126 cm³/mol. The Labute approximate surface area is 193 Å². The molecule has 1 atom stereocenters. The summed E-state index contributed by atoms with van der Waals surface area (Å²) in [7, 11) is 1.61. The molecule has 0 spiro atoms. The molecule has 0 bridgehead atoms. The van der Waals surface area contributed by atoms with Gasteiger partial charge >= 0.3 is 5.97 Å². The van der Waals surface area contributed by atoms with Crippen molar-refractivity contribution in [2.24, 2.45) is 0 Å². The lowest BCUT2D eigenvalue weighted by Crippen LogP contribution is -2.29. The number of allylic oxidation sites excluding steroid dienone is 1. The molecule has 9 heteroatoms. The maximum atomic E-state index is 13.0. The molecule has 0 fully saturated rings. The van der Waals surface area contributed by atoms with Crippen molar-refractivity contribution in [3.05, 3.63) is 35.0 Å². The van der Waals surface area contributed by atoms with Crippen molar-refractivity contribution in [1.29, 1.82) is 0 Å². The number of fused-ring (bicyclic) bond motifs is 1. The lowest BCUT2D eigenvalue weighted by atomic mass is 9.95. The first-order valence-corrected chi connectivity index (χ1v) is 12.1. The minimum absolute atomic E-state index is 0.358. The molecule has 1 aromatic heterocycles. The molecule has 1 aromatic carbocycles. The Hall–Kier alpha value is -2.68. The Balaban J connectivity index is 2.05. The second-order valence-corrected chi connectivity index (χ2v) is 8.64. The van der Waals surface area contributed by atoms with E-state index in [1.807, 2.05) is 32.0 Å². The number of nitrogens with one attached hydrogen (secondary N) is 1. The van der Waals surface area contributed by atoms with Gasteiger partial charge in [-0.05, 0) is 43.2 Å². The lowest BCUT2D eigenvalue weighted by Gasteiger charge is -2.28. The Morgan fingerprint density at radius 3 is 2.69 bits per heavy atom. The number of aromatic nitrogens is 3. The molecule has 0 aliphatic carbocycles. The topological polar surface area (TPSA) is 87.5 Å². The molecule has 0 saturated heterocycles. The zero-order chi connectivity index (χ0) is 23.1. The number of esters is 1. The number of ether oxygens (including phenoxy) is 3. The van der Waals surface area contributed by atoms with Crippen molar-refractivity contribution in [1.82, 2.24) is 14.8 Å². The fourth-order valence-corrected chi connectivity index (χ4v) is 4.02. The molecule has 1 aliphatic heterocycles. The van der Waals surface area contributed by atoms with Gasteiger partial charge in [0.1, 0.15) is 6.04 Å². The molecule has 32 heavy (non-hydrogen) atoms. The van der Waals surface area contributed by atoms with E-state index in [1.165, 1.54) is 0 Å². The van der Waals surface area contributed by atoms with E-state index < -0.39 is 6.04 Å². The highest BCUT2D eigenvalue weighted by Gasteiger charge is 2.35. The van der Waals surface area contributed by atoms with Gasteiger partial charge in [-0.2, -0.15) is 4.98 Å². The molecule has 174 valence electrons. The van der Waals surface area contributed by atoms with E-state index in [-0.39, 0.29) is 5.97 Å². The number of carbonyl (C=O) groups excluding carboxylic acids is 1. The summed E-state index contributed by atoms with van der Waals surface area (Å²) in [4.78, 5) is 17.6. The van der Waals surface area contributed by atoms with Crippen LogP contribution in [0.15, 0.2) is 34.6 Å². The van der Waals surface area contributed by atoms with Crippen LogP contribution in [0.2, 0.25) is 0 Å². The molecule has 0 amide bonds. The van der Waals surface area contributed by atoms with Gasteiger partial charge < -0.3 is 19.5 Å². The SMILES string of the molecule is CCCCOc1ccc(C2C(C(=O)OCCC)=C(C)Nc3nc(SCC)nn32)cc1OC. The molecule has 0 radical (unpaired) electrons. The van der Waals surface area contributed by atoms with Crippen LogP contribution in [0.4, 0.5) is 5.95 Å². The number of hydrogen-bond acceptors (Lipinski definition) is 8. The van der Waals surface area contributed by atoms with Gasteiger partial charge in [-0.3, -0.25) is 0 Å². The number of methoxy groups -OCH3 is 1. The highest BCUT2D eigenvalue weighted by molar-refractivity contribution is 7.99. The molecular formula is C23H32N4O4S. The fraction of sp³-hybridized carbons (Fsp3) is 0.522. The van der Waals surface area contributed by atoms with Crippen molar-refractivity contribution >= 4 is 23.7 Å². The molecule has 1 N–H and O–H groups in total. The first-order chi connectivity index (χ1) is 15.5. The zero-order valence-corrected chi connectivity index (χ0v) is 20.3. The van der Waals surface area contributed by atoms with Crippen molar-refractivity contribution in [2.45, 2.75) is 58.2 Å². The molecule has 8 nitrogen and oxygen atoms in total. The number of carbonyl (C=O) groups is 1. The number of rotatable bonds is 11. The smallest absolute Gasteiger partial charge is 0.338 e. The minimum atomic E-state index is -0.493. The van der Waals surface area contributed by atoms with Crippen LogP contribution in [0.1, 0.15) is 58.6 Å². The normalized spacial score (nSPS) is 15.2. The van der Waals surface area contributed by atoms with Crippen LogP contribution in [-0.4, -0.2) is 46.8 Å². The standard InChI is InChI=1S/C23H32N4O4S/c1-6-9-13-30-17-11-10-16(14-18(17)29-5)20-19(21(28)31-12-7-2)15(4)24-22-25-23(32-8-3)26-27(20)22/h10-11,14,20H,6-9,12-13H2,1-5H3,(H,24,25,26). The maximum Gasteiger partial charge on any atom is 0.338 e. The Bertz CT molecular complexity index is 973. The molecule has 3 rings (SSSR count). The van der Waals surface area contributed by atoms with Crippen LogP contribution in [0.25, 0.3) is 0 Å². The monoisotopic (exact) mass is 460 g/mol. The summed E-state index contributed by atoms with van der Waals surface area (Å²) in [6, 6.07) is 5.23. The summed E-state index contributed by atoms with van der Waals surface area (Å²) in [6.45, 7) is 8.98. The summed E-state index contributed by atoms with van der Waals surface area (Å²) in [5, 5.41) is 8.55. The molecule has 1 aliphatic rings. The summed E-state index contributed by atoms with van der Waals surface area (Å²) < 4.78 is 18.7. The highest BCUT2D eigenvalue weighted by atomic mass is 32.2. The third-order valence-corrected chi connectivity index (χ3v) is 5.74. The third-order valence-electron chi connectivity index (χ3n) is 5.02. The zero-order valence-electron chi connectivity index (χ0n) is 19.4. The van der Waals surface area contributed by atoms with Crippen LogP contribution in [0.5, 0.6) is 11.5 Å². The third kappa shape index (κ3) is 5.20. The summed E-state index contributed by atoms with van der Waals surface area (Å²) in [6.07, 6.45) is 2.77. The van der Waals surface area contributed by atoms with Gasteiger partial charge in [-0.15, -0.1) is 5.10 Å². The van der Waals surface area contributed by atoms with Crippen molar-refractivity contribution in [3.63, 3.8) is 0 Å². The maximum absolute atomic E-state index is 13.0.